The fraction of sp³-hybridized carbons (Fsp3) is 0.588. The van der Waals surface area contributed by atoms with Gasteiger partial charge < -0.3 is 9.64 Å². The minimum absolute atomic E-state index is 0.0173. The van der Waals surface area contributed by atoms with Crippen LogP contribution in [0.2, 0.25) is 0 Å². The number of alkyl halides is 3. The van der Waals surface area contributed by atoms with E-state index >= 15 is 0 Å². The number of carbonyl (C=O) groups is 1. The van der Waals surface area contributed by atoms with Crippen molar-refractivity contribution in [2.75, 3.05) is 19.7 Å². The lowest BCUT2D eigenvalue weighted by atomic mass is 9.96. The summed E-state index contributed by atoms with van der Waals surface area (Å²) in [6, 6.07) is 7.15. The Morgan fingerprint density at radius 3 is 2.09 bits per heavy atom. The average Bonchev–Trinajstić information content (AvgIpc) is 2.41. The second-order valence-electron chi connectivity index (χ2n) is 6.71. The molecule has 0 aliphatic carbocycles. The molecule has 0 heterocycles. The molecule has 0 unspecified atom stereocenters. The van der Waals surface area contributed by atoms with Crippen molar-refractivity contribution in [3.63, 3.8) is 0 Å². The summed E-state index contributed by atoms with van der Waals surface area (Å²) in [5.74, 6) is -0.199. The summed E-state index contributed by atoms with van der Waals surface area (Å²) >= 11 is 0. The Kier molecular flexibility index (Phi) is 6.47. The van der Waals surface area contributed by atoms with Gasteiger partial charge >= 0.3 is 6.18 Å². The van der Waals surface area contributed by atoms with Crippen LogP contribution in [-0.2, 0) is 11.2 Å². The monoisotopic (exact) mass is 331 g/mol. The van der Waals surface area contributed by atoms with Gasteiger partial charge in [-0.15, -0.1) is 0 Å². The van der Waals surface area contributed by atoms with E-state index in [1.165, 1.54) is 0 Å². The molecular formula is C17H24F3NO2. The Morgan fingerprint density at radius 2 is 1.65 bits per heavy atom. The second-order valence-corrected chi connectivity index (χ2v) is 6.71. The zero-order chi connectivity index (χ0) is 17.7. The first-order valence-electron chi connectivity index (χ1n) is 7.56. The number of ether oxygens (including phenoxy) is 1. The van der Waals surface area contributed by atoms with Gasteiger partial charge in [0.1, 0.15) is 12.3 Å². The highest BCUT2D eigenvalue weighted by molar-refractivity contribution is 5.77. The van der Waals surface area contributed by atoms with Gasteiger partial charge in [-0.1, -0.05) is 39.8 Å². The normalized spacial score (nSPS) is 12.1. The van der Waals surface area contributed by atoms with Crippen molar-refractivity contribution < 1.29 is 22.7 Å². The van der Waals surface area contributed by atoms with Gasteiger partial charge in [-0.05, 0) is 29.5 Å². The van der Waals surface area contributed by atoms with Crippen molar-refractivity contribution >= 4 is 5.91 Å². The number of halogens is 3. The molecule has 6 heteroatoms. The molecule has 23 heavy (non-hydrogen) atoms. The number of amides is 1. The van der Waals surface area contributed by atoms with Crippen LogP contribution in [0.5, 0.6) is 5.75 Å². The quantitative estimate of drug-likeness (QED) is 0.786. The molecule has 0 atom stereocenters. The number of hydrogen-bond acceptors (Lipinski definition) is 2. The molecule has 3 nitrogen and oxygen atoms in total. The molecule has 0 saturated heterocycles. The summed E-state index contributed by atoms with van der Waals surface area (Å²) in [5, 5.41) is 0. The molecule has 0 aliphatic heterocycles. The van der Waals surface area contributed by atoms with E-state index in [1.807, 2.05) is 19.1 Å². The molecule has 0 radical (unpaired) electrons. The van der Waals surface area contributed by atoms with Gasteiger partial charge in [0.15, 0.2) is 6.61 Å². The SMILES string of the molecule is CCc1ccc(OCC(=O)N(CC(C)(C)C)CC(F)(F)F)cc1. The molecule has 0 N–H and O–H groups in total. The predicted molar refractivity (Wildman–Crippen MR) is 83.4 cm³/mol. The molecule has 0 saturated carbocycles. The highest BCUT2D eigenvalue weighted by Gasteiger charge is 2.34. The van der Waals surface area contributed by atoms with Crippen molar-refractivity contribution in [1.82, 2.24) is 4.90 Å². The van der Waals surface area contributed by atoms with E-state index in [9.17, 15) is 18.0 Å². The summed E-state index contributed by atoms with van der Waals surface area (Å²) in [5.41, 5.74) is 0.694. The molecule has 0 aromatic heterocycles. The standard InChI is InChI=1S/C17H24F3NO2/c1-5-13-6-8-14(9-7-13)23-10-15(22)21(11-16(2,3)4)12-17(18,19)20/h6-9H,5,10-12H2,1-4H3. The average molecular weight is 331 g/mol. The molecule has 1 amide bonds. The summed E-state index contributed by atoms with van der Waals surface area (Å²) in [4.78, 5) is 12.9. The molecular weight excluding hydrogens is 307 g/mol. The van der Waals surface area contributed by atoms with Crippen LogP contribution in [0.4, 0.5) is 13.2 Å². The van der Waals surface area contributed by atoms with Crippen LogP contribution < -0.4 is 4.74 Å². The van der Waals surface area contributed by atoms with Crippen LogP contribution >= 0.6 is 0 Å². The molecule has 130 valence electrons. The van der Waals surface area contributed by atoms with Crippen molar-refractivity contribution in [2.45, 2.75) is 40.3 Å². The van der Waals surface area contributed by atoms with Crippen LogP contribution in [0.3, 0.4) is 0 Å². The Balaban J connectivity index is 2.68. The largest absolute Gasteiger partial charge is 0.484 e. The Labute approximate surface area is 135 Å². The first-order valence-corrected chi connectivity index (χ1v) is 7.56. The van der Waals surface area contributed by atoms with Crippen molar-refractivity contribution in [2.24, 2.45) is 5.41 Å². The summed E-state index contributed by atoms with van der Waals surface area (Å²) in [7, 11) is 0. The molecule has 1 aromatic carbocycles. The zero-order valence-corrected chi connectivity index (χ0v) is 14.0. The minimum atomic E-state index is -4.43. The van der Waals surface area contributed by atoms with Gasteiger partial charge in [0.05, 0.1) is 0 Å². The third-order valence-corrected chi connectivity index (χ3v) is 3.08. The van der Waals surface area contributed by atoms with Gasteiger partial charge in [-0.3, -0.25) is 4.79 Å². The highest BCUT2D eigenvalue weighted by atomic mass is 19.4. The smallest absolute Gasteiger partial charge is 0.406 e. The van der Waals surface area contributed by atoms with E-state index in [0.717, 1.165) is 16.9 Å². The van der Waals surface area contributed by atoms with E-state index in [4.69, 9.17) is 4.74 Å². The molecule has 1 aromatic rings. The van der Waals surface area contributed by atoms with Crippen molar-refractivity contribution in [3.8, 4) is 5.75 Å². The maximum atomic E-state index is 12.7. The maximum absolute atomic E-state index is 12.7. The van der Waals surface area contributed by atoms with E-state index in [2.05, 4.69) is 0 Å². The molecule has 0 aliphatic rings. The maximum Gasteiger partial charge on any atom is 0.406 e. The molecule has 0 fully saturated rings. The van der Waals surface area contributed by atoms with Crippen molar-refractivity contribution in [3.05, 3.63) is 29.8 Å². The lowest BCUT2D eigenvalue weighted by Crippen LogP contribution is -2.45. The molecule has 1 rings (SSSR count). The minimum Gasteiger partial charge on any atom is -0.484 e. The van der Waals surface area contributed by atoms with E-state index in [1.54, 1.807) is 32.9 Å². The van der Waals surface area contributed by atoms with Crippen LogP contribution in [0.15, 0.2) is 24.3 Å². The second kappa shape index (κ2) is 7.70. The fourth-order valence-electron chi connectivity index (χ4n) is 2.08. The fourth-order valence-corrected chi connectivity index (χ4v) is 2.08. The third-order valence-electron chi connectivity index (χ3n) is 3.08. The zero-order valence-electron chi connectivity index (χ0n) is 14.0. The number of nitrogens with zero attached hydrogens (tertiary/aromatic N) is 1. The number of benzene rings is 1. The van der Waals surface area contributed by atoms with E-state index in [-0.39, 0.29) is 6.54 Å². The predicted octanol–water partition coefficient (Wildman–Crippen LogP) is 4.06. The van der Waals surface area contributed by atoms with Gasteiger partial charge in [0, 0.05) is 6.54 Å². The summed E-state index contributed by atoms with van der Waals surface area (Å²) in [6.07, 6.45) is -3.55. The van der Waals surface area contributed by atoms with E-state index < -0.39 is 30.7 Å². The van der Waals surface area contributed by atoms with Crippen LogP contribution in [0.25, 0.3) is 0 Å². The summed E-state index contributed by atoms with van der Waals surface area (Å²) < 4.78 is 43.3. The third kappa shape index (κ3) is 7.90. The number of hydrogen-bond donors (Lipinski definition) is 0. The Bertz CT molecular complexity index is 488. The van der Waals surface area contributed by atoms with Gasteiger partial charge in [0.25, 0.3) is 5.91 Å². The number of rotatable bonds is 6. The van der Waals surface area contributed by atoms with Gasteiger partial charge in [0.2, 0.25) is 0 Å². The highest BCUT2D eigenvalue weighted by Crippen LogP contribution is 2.22. The topological polar surface area (TPSA) is 29.5 Å². The van der Waals surface area contributed by atoms with Crippen LogP contribution in [0, 0.1) is 5.41 Å². The van der Waals surface area contributed by atoms with Gasteiger partial charge in [-0.2, -0.15) is 13.2 Å². The number of carbonyl (C=O) groups excluding carboxylic acids is 1. The number of aryl methyl sites for hydroxylation is 1. The molecule has 0 bridgehead atoms. The van der Waals surface area contributed by atoms with Crippen LogP contribution in [0.1, 0.15) is 33.3 Å². The summed E-state index contributed by atoms with van der Waals surface area (Å²) in [6.45, 7) is 5.72. The first-order chi connectivity index (χ1) is 10.5. The molecule has 0 spiro atoms. The first kappa shape index (κ1) is 19.3. The Morgan fingerprint density at radius 1 is 1.09 bits per heavy atom. The van der Waals surface area contributed by atoms with Crippen LogP contribution in [-0.4, -0.2) is 36.7 Å². The van der Waals surface area contributed by atoms with Crippen molar-refractivity contribution in [1.29, 1.82) is 0 Å². The van der Waals surface area contributed by atoms with E-state index in [0.29, 0.717) is 5.75 Å². The Hall–Kier alpha value is -1.72. The van der Waals surface area contributed by atoms with Gasteiger partial charge in [-0.25, -0.2) is 0 Å². The lowest BCUT2D eigenvalue weighted by Gasteiger charge is -2.30. The lowest BCUT2D eigenvalue weighted by molar-refractivity contribution is -0.164.